The molecule has 152 valence electrons. The van der Waals surface area contributed by atoms with Crippen LogP contribution in [-0.2, 0) is 16.1 Å². The summed E-state index contributed by atoms with van der Waals surface area (Å²) in [5, 5.41) is 6.90. The molecule has 3 N–H and O–H groups in total. The standard InChI is InChI=1S/C19H18Cl3N5O2/c1-2-16(28)24-14(19-25-13-3-4-15(22)26-18(13)27-19)8-17(29)23-9-10-5-11(20)7-12(21)6-10/h3-7,14H,2,8-9H2,1H3,(H,23,29)(H,24,28)(H,25,26,27). The lowest BCUT2D eigenvalue weighted by molar-refractivity contribution is -0.123. The number of aromatic nitrogens is 3. The van der Waals surface area contributed by atoms with Crippen LogP contribution in [0.15, 0.2) is 30.3 Å². The minimum atomic E-state index is -0.640. The van der Waals surface area contributed by atoms with Gasteiger partial charge in [0, 0.05) is 23.0 Å². The molecule has 0 aliphatic carbocycles. The van der Waals surface area contributed by atoms with Gasteiger partial charge in [0.1, 0.15) is 11.0 Å². The zero-order chi connectivity index (χ0) is 21.0. The molecule has 0 saturated heterocycles. The predicted molar refractivity (Wildman–Crippen MR) is 113 cm³/mol. The quantitative estimate of drug-likeness (QED) is 0.466. The Morgan fingerprint density at radius 2 is 1.79 bits per heavy atom. The summed E-state index contributed by atoms with van der Waals surface area (Å²) in [5.74, 6) is -0.0395. The van der Waals surface area contributed by atoms with Gasteiger partial charge in [-0.3, -0.25) is 9.59 Å². The molecular weight excluding hydrogens is 437 g/mol. The van der Waals surface area contributed by atoms with Crippen molar-refractivity contribution in [1.29, 1.82) is 0 Å². The van der Waals surface area contributed by atoms with Crippen molar-refractivity contribution >= 4 is 57.8 Å². The van der Waals surface area contributed by atoms with E-state index in [2.05, 4.69) is 25.6 Å². The van der Waals surface area contributed by atoms with Crippen LogP contribution >= 0.6 is 34.8 Å². The van der Waals surface area contributed by atoms with E-state index in [1.54, 1.807) is 37.3 Å². The van der Waals surface area contributed by atoms with Crippen LogP contribution in [0.25, 0.3) is 11.2 Å². The molecule has 2 heterocycles. The van der Waals surface area contributed by atoms with E-state index in [1.165, 1.54) is 0 Å². The molecule has 1 unspecified atom stereocenters. The number of amides is 2. The van der Waals surface area contributed by atoms with Crippen molar-refractivity contribution in [2.24, 2.45) is 0 Å². The van der Waals surface area contributed by atoms with E-state index in [0.29, 0.717) is 32.2 Å². The molecule has 0 aliphatic heterocycles. The smallest absolute Gasteiger partial charge is 0.222 e. The number of rotatable bonds is 7. The van der Waals surface area contributed by atoms with E-state index in [4.69, 9.17) is 34.8 Å². The molecule has 2 amide bonds. The highest BCUT2D eigenvalue weighted by Gasteiger charge is 2.21. The van der Waals surface area contributed by atoms with E-state index < -0.39 is 6.04 Å². The van der Waals surface area contributed by atoms with Gasteiger partial charge >= 0.3 is 0 Å². The number of benzene rings is 1. The molecule has 0 radical (unpaired) electrons. The molecule has 0 aliphatic rings. The fourth-order valence-electron chi connectivity index (χ4n) is 2.74. The van der Waals surface area contributed by atoms with Crippen LogP contribution in [0.4, 0.5) is 0 Å². The van der Waals surface area contributed by atoms with Crippen LogP contribution in [0.1, 0.15) is 37.2 Å². The highest BCUT2D eigenvalue weighted by molar-refractivity contribution is 6.34. The van der Waals surface area contributed by atoms with Gasteiger partial charge in [-0.05, 0) is 35.9 Å². The number of hydrogen-bond donors (Lipinski definition) is 3. The summed E-state index contributed by atoms with van der Waals surface area (Å²) in [6, 6.07) is 7.79. The summed E-state index contributed by atoms with van der Waals surface area (Å²) in [6.45, 7) is 1.99. The monoisotopic (exact) mass is 453 g/mol. The third kappa shape index (κ3) is 5.82. The van der Waals surface area contributed by atoms with Gasteiger partial charge in [-0.2, -0.15) is 0 Å². The number of pyridine rings is 1. The number of H-pyrrole nitrogens is 1. The molecule has 0 fully saturated rings. The minimum Gasteiger partial charge on any atom is -0.352 e. The molecule has 10 heteroatoms. The number of imidazole rings is 1. The average molecular weight is 455 g/mol. The molecule has 2 aromatic heterocycles. The first-order chi connectivity index (χ1) is 13.8. The molecule has 7 nitrogen and oxygen atoms in total. The van der Waals surface area contributed by atoms with Crippen LogP contribution in [0.5, 0.6) is 0 Å². The Bertz CT molecular complexity index is 1030. The van der Waals surface area contributed by atoms with Gasteiger partial charge in [-0.25, -0.2) is 9.97 Å². The maximum Gasteiger partial charge on any atom is 0.222 e. The Morgan fingerprint density at radius 1 is 1.07 bits per heavy atom. The molecular formula is C19H18Cl3N5O2. The first kappa shape index (κ1) is 21.4. The van der Waals surface area contributed by atoms with Gasteiger partial charge in [0.2, 0.25) is 11.8 Å². The maximum absolute atomic E-state index is 12.5. The van der Waals surface area contributed by atoms with E-state index in [1.807, 2.05) is 0 Å². The minimum absolute atomic E-state index is 0.00636. The molecule has 0 saturated carbocycles. The van der Waals surface area contributed by atoms with E-state index in [0.717, 1.165) is 5.56 Å². The fraction of sp³-hybridized carbons (Fsp3) is 0.263. The second-order valence-corrected chi connectivity index (χ2v) is 7.62. The largest absolute Gasteiger partial charge is 0.352 e. The summed E-state index contributed by atoms with van der Waals surface area (Å²) in [5.41, 5.74) is 1.85. The first-order valence-electron chi connectivity index (χ1n) is 8.87. The van der Waals surface area contributed by atoms with Crippen molar-refractivity contribution in [3.05, 3.63) is 56.9 Å². The molecule has 29 heavy (non-hydrogen) atoms. The number of halogens is 3. The lowest BCUT2D eigenvalue weighted by atomic mass is 10.1. The molecule has 3 rings (SSSR count). The number of nitrogens with one attached hydrogen (secondary N) is 3. The molecule has 1 aromatic carbocycles. The summed E-state index contributed by atoms with van der Waals surface area (Å²) >= 11 is 17.9. The molecule has 0 spiro atoms. The number of aromatic amines is 1. The van der Waals surface area contributed by atoms with Crippen LogP contribution in [-0.4, -0.2) is 26.8 Å². The SMILES string of the molecule is CCC(=O)NC(CC(=O)NCc1cc(Cl)cc(Cl)c1)c1nc2nc(Cl)ccc2[nH]1. The zero-order valence-electron chi connectivity index (χ0n) is 15.4. The van der Waals surface area contributed by atoms with Crippen molar-refractivity contribution in [1.82, 2.24) is 25.6 Å². The molecule has 1 atom stereocenters. The summed E-state index contributed by atoms with van der Waals surface area (Å²) in [6.07, 6.45) is 0.275. The van der Waals surface area contributed by atoms with Crippen molar-refractivity contribution < 1.29 is 9.59 Å². The van der Waals surface area contributed by atoms with Gasteiger partial charge in [0.15, 0.2) is 5.65 Å². The maximum atomic E-state index is 12.5. The number of fused-ring (bicyclic) bond motifs is 1. The van der Waals surface area contributed by atoms with Gasteiger partial charge in [-0.1, -0.05) is 41.7 Å². The topological polar surface area (TPSA) is 99.8 Å². The number of carbonyl (C=O) groups excluding carboxylic acids is 2. The van der Waals surface area contributed by atoms with Crippen LogP contribution in [0, 0.1) is 0 Å². The average Bonchev–Trinajstić information content (AvgIpc) is 3.08. The second-order valence-electron chi connectivity index (χ2n) is 6.36. The van der Waals surface area contributed by atoms with E-state index in [9.17, 15) is 9.59 Å². The van der Waals surface area contributed by atoms with E-state index >= 15 is 0 Å². The lowest BCUT2D eigenvalue weighted by Gasteiger charge is -2.16. The highest BCUT2D eigenvalue weighted by atomic mass is 35.5. The molecule has 0 bridgehead atoms. The normalized spacial score (nSPS) is 12.0. The molecule has 3 aromatic rings. The van der Waals surface area contributed by atoms with Gasteiger partial charge < -0.3 is 15.6 Å². The van der Waals surface area contributed by atoms with Gasteiger partial charge in [0.05, 0.1) is 18.0 Å². The van der Waals surface area contributed by atoms with Crippen molar-refractivity contribution in [2.45, 2.75) is 32.4 Å². The lowest BCUT2D eigenvalue weighted by Crippen LogP contribution is -2.33. The number of hydrogen-bond acceptors (Lipinski definition) is 4. The number of carbonyl (C=O) groups is 2. The van der Waals surface area contributed by atoms with Crippen molar-refractivity contribution in [2.75, 3.05) is 0 Å². The van der Waals surface area contributed by atoms with Crippen LogP contribution in [0.2, 0.25) is 15.2 Å². The fourth-order valence-corrected chi connectivity index (χ4v) is 3.45. The zero-order valence-corrected chi connectivity index (χ0v) is 17.7. The Hall–Kier alpha value is -2.35. The summed E-state index contributed by atoms with van der Waals surface area (Å²) in [4.78, 5) is 36.0. The van der Waals surface area contributed by atoms with Gasteiger partial charge in [-0.15, -0.1) is 0 Å². The Kier molecular flexibility index (Phi) is 6.95. The highest BCUT2D eigenvalue weighted by Crippen LogP contribution is 2.21. The predicted octanol–water partition coefficient (Wildman–Crippen LogP) is 4.19. The van der Waals surface area contributed by atoms with Crippen molar-refractivity contribution in [3.8, 4) is 0 Å². The van der Waals surface area contributed by atoms with Gasteiger partial charge in [0.25, 0.3) is 0 Å². The Morgan fingerprint density at radius 3 is 2.48 bits per heavy atom. The summed E-state index contributed by atoms with van der Waals surface area (Å²) in [7, 11) is 0. The van der Waals surface area contributed by atoms with Crippen LogP contribution < -0.4 is 10.6 Å². The Labute approximate surface area is 182 Å². The number of nitrogens with zero attached hydrogens (tertiary/aromatic N) is 2. The Balaban J connectivity index is 1.73. The third-order valence-electron chi connectivity index (χ3n) is 4.12. The van der Waals surface area contributed by atoms with Crippen LogP contribution in [0.3, 0.4) is 0 Å². The first-order valence-corrected chi connectivity index (χ1v) is 10.0. The second kappa shape index (κ2) is 9.43. The van der Waals surface area contributed by atoms with Crippen molar-refractivity contribution in [3.63, 3.8) is 0 Å². The summed E-state index contributed by atoms with van der Waals surface area (Å²) < 4.78 is 0. The third-order valence-corrected chi connectivity index (χ3v) is 4.77. The van der Waals surface area contributed by atoms with E-state index in [-0.39, 0.29) is 31.2 Å².